The van der Waals surface area contributed by atoms with Crippen molar-refractivity contribution in [1.29, 1.82) is 0 Å². The molecule has 2 aliphatic rings. The van der Waals surface area contributed by atoms with Crippen LogP contribution in [0.25, 0.3) is 0 Å². The van der Waals surface area contributed by atoms with Crippen LogP contribution in [-0.2, 0) is 21.0 Å². The molecule has 8 heteroatoms. The molecule has 5 rings (SSSR count). The first kappa shape index (κ1) is 20.8. The third-order valence-electron chi connectivity index (χ3n) is 5.71. The summed E-state index contributed by atoms with van der Waals surface area (Å²) in [6.07, 6.45) is 0. The molecule has 0 saturated carbocycles. The number of amides is 2. The van der Waals surface area contributed by atoms with Gasteiger partial charge in [0.25, 0.3) is 5.91 Å². The third-order valence-corrected chi connectivity index (χ3v) is 7.39. The predicted octanol–water partition coefficient (Wildman–Crippen LogP) is 4.97. The molecule has 2 amide bonds. The lowest BCUT2D eigenvalue weighted by Crippen LogP contribution is -2.49. The third kappa shape index (κ3) is 3.07. The van der Waals surface area contributed by atoms with E-state index in [1.807, 2.05) is 24.3 Å². The molecule has 0 aliphatic carbocycles. The summed E-state index contributed by atoms with van der Waals surface area (Å²) >= 11 is 7.64. The van der Waals surface area contributed by atoms with Crippen molar-refractivity contribution in [2.45, 2.75) is 11.4 Å². The van der Waals surface area contributed by atoms with Gasteiger partial charge < -0.3 is 9.64 Å². The van der Waals surface area contributed by atoms with Crippen molar-refractivity contribution < 1.29 is 18.7 Å². The molecule has 1 atom stereocenters. The fourth-order valence-electron chi connectivity index (χ4n) is 4.28. The number of carbonyl (C=O) groups is 2. The van der Waals surface area contributed by atoms with Gasteiger partial charge in [-0.3, -0.25) is 14.5 Å². The Kier molecular flexibility index (Phi) is 5.10. The summed E-state index contributed by atoms with van der Waals surface area (Å²) in [6.45, 7) is 0.268. The Morgan fingerprint density at radius 2 is 1.84 bits per heavy atom. The molecule has 32 heavy (non-hydrogen) atoms. The van der Waals surface area contributed by atoms with E-state index in [0.717, 1.165) is 16.8 Å². The van der Waals surface area contributed by atoms with E-state index in [1.54, 1.807) is 35.2 Å². The average molecular weight is 469 g/mol. The molecule has 0 bridgehead atoms. The quantitative estimate of drug-likeness (QED) is 0.542. The van der Waals surface area contributed by atoms with Gasteiger partial charge in [0, 0.05) is 11.3 Å². The van der Waals surface area contributed by atoms with Crippen LogP contribution in [0.2, 0.25) is 5.02 Å². The Bertz CT molecular complexity index is 1240. The van der Waals surface area contributed by atoms with Crippen molar-refractivity contribution in [3.63, 3.8) is 0 Å². The Labute approximate surface area is 193 Å². The number of thioether (sulfide) groups is 1. The number of halogens is 2. The number of hydrogen-bond acceptors (Lipinski definition) is 4. The second-order valence-electron chi connectivity index (χ2n) is 7.52. The van der Waals surface area contributed by atoms with E-state index >= 15 is 0 Å². The molecule has 5 nitrogen and oxygen atoms in total. The molecule has 1 spiro atoms. The number of carbonyl (C=O) groups excluding carboxylic acids is 2. The molecule has 1 saturated heterocycles. The Balaban J connectivity index is 1.62. The van der Waals surface area contributed by atoms with Gasteiger partial charge in [-0.05, 0) is 42.0 Å². The topological polar surface area (TPSA) is 49.9 Å². The molecule has 3 aromatic carbocycles. The van der Waals surface area contributed by atoms with Gasteiger partial charge in [0.05, 0.1) is 30.1 Å². The summed E-state index contributed by atoms with van der Waals surface area (Å²) in [6, 6.07) is 18.6. The van der Waals surface area contributed by atoms with Crippen LogP contribution in [0.4, 0.5) is 15.8 Å². The number of benzene rings is 3. The number of para-hydroxylation sites is 1. The first-order valence-corrected chi connectivity index (χ1v) is 11.3. The molecular weight excluding hydrogens is 451 g/mol. The van der Waals surface area contributed by atoms with Gasteiger partial charge in [-0.15, -0.1) is 11.8 Å². The van der Waals surface area contributed by atoms with E-state index in [9.17, 15) is 14.0 Å². The Hall–Kier alpha value is -3.03. The molecule has 2 heterocycles. The van der Waals surface area contributed by atoms with E-state index in [-0.39, 0.29) is 29.9 Å². The van der Waals surface area contributed by atoms with E-state index in [4.69, 9.17) is 16.3 Å². The van der Waals surface area contributed by atoms with E-state index < -0.39 is 4.87 Å². The maximum atomic E-state index is 14.0. The fraction of sp³-hybridized carbons (Fsp3) is 0.167. The van der Waals surface area contributed by atoms with Crippen molar-refractivity contribution in [3.8, 4) is 5.75 Å². The molecule has 0 radical (unpaired) electrons. The van der Waals surface area contributed by atoms with Crippen LogP contribution in [0, 0.1) is 5.82 Å². The van der Waals surface area contributed by atoms with Gasteiger partial charge in [-0.2, -0.15) is 0 Å². The summed E-state index contributed by atoms with van der Waals surface area (Å²) in [5.41, 5.74) is 2.79. The van der Waals surface area contributed by atoms with Crippen molar-refractivity contribution >= 4 is 46.6 Å². The highest BCUT2D eigenvalue weighted by Gasteiger charge is 2.60. The summed E-state index contributed by atoms with van der Waals surface area (Å²) in [4.78, 5) is 29.0. The van der Waals surface area contributed by atoms with Gasteiger partial charge in [-0.1, -0.05) is 41.9 Å². The lowest BCUT2D eigenvalue weighted by atomic mass is 10.0. The maximum absolute atomic E-state index is 14.0. The van der Waals surface area contributed by atoms with Crippen molar-refractivity contribution in [3.05, 3.63) is 88.7 Å². The minimum Gasteiger partial charge on any atom is -0.495 e. The zero-order valence-electron chi connectivity index (χ0n) is 17.0. The van der Waals surface area contributed by atoms with Crippen LogP contribution < -0.4 is 14.5 Å². The highest BCUT2D eigenvalue weighted by Crippen LogP contribution is 2.56. The fourth-order valence-corrected chi connectivity index (χ4v) is 5.89. The van der Waals surface area contributed by atoms with Crippen LogP contribution in [0.3, 0.4) is 0 Å². The van der Waals surface area contributed by atoms with Crippen molar-refractivity contribution in [2.75, 3.05) is 22.7 Å². The van der Waals surface area contributed by atoms with Crippen LogP contribution in [0.5, 0.6) is 5.75 Å². The standard InChI is InChI=1S/C24H18ClFN2O3S/c1-31-21-11-10-17(12-19(21)25)28-22(29)14-32-24(28)18-4-2-3-5-20(18)27(23(24)30)13-15-6-8-16(26)9-7-15/h2-12H,13-14H2,1H3. The van der Waals surface area contributed by atoms with Crippen LogP contribution in [0.1, 0.15) is 11.1 Å². The molecule has 162 valence electrons. The summed E-state index contributed by atoms with van der Waals surface area (Å²) in [7, 11) is 1.52. The second kappa shape index (κ2) is 7.83. The number of hydrogen-bond donors (Lipinski definition) is 0. The summed E-state index contributed by atoms with van der Waals surface area (Å²) in [5, 5.41) is 0.353. The first-order chi connectivity index (χ1) is 15.5. The highest BCUT2D eigenvalue weighted by molar-refractivity contribution is 8.02. The molecular formula is C24H18ClFN2O3S. The average Bonchev–Trinajstić information content (AvgIpc) is 3.26. The molecule has 0 aromatic heterocycles. The Morgan fingerprint density at radius 3 is 2.56 bits per heavy atom. The van der Waals surface area contributed by atoms with Crippen LogP contribution in [0.15, 0.2) is 66.7 Å². The van der Waals surface area contributed by atoms with Gasteiger partial charge in [0.15, 0.2) is 0 Å². The summed E-state index contributed by atoms with van der Waals surface area (Å²) < 4.78 is 18.6. The smallest absolute Gasteiger partial charge is 0.269 e. The monoisotopic (exact) mass is 468 g/mol. The molecule has 1 fully saturated rings. The molecule has 1 unspecified atom stereocenters. The lowest BCUT2D eigenvalue weighted by Gasteiger charge is -2.33. The minimum atomic E-state index is -1.23. The van der Waals surface area contributed by atoms with Crippen molar-refractivity contribution in [1.82, 2.24) is 0 Å². The number of rotatable bonds is 4. The minimum absolute atomic E-state index is 0.161. The number of fused-ring (bicyclic) bond motifs is 2. The van der Waals surface area contributed by atoms with Gasteiger partial charge in [-0.25, -0.2) is 4.39 Å². The van der Waals surface area contributed by atoms with Gasteiger partial charge >= 0.3 is 0 Å². The number of methoxy groups -OCH3 is 1. The summed E-state index contributed by atoms with van der Waals surface area (Å²) in [5.74, 6) is -0.0831. The molecule has 3 aromatic rings. The maximum Gasteiger partial charge on any atom is 0.269 e. The second-order valence-corrected chi connectivity index (χ2v) is 9.09. The zero-order valence-corrected chi connectivity index (χ0v) is 18.6. The lowest BCUT2D eigenvalue weighted by molar-refractivity contribution is -0.123. The number of nitrogens with zero attached hydrogens (tertiary/aromatic N) is 2. The van der Waals surface area contributed by atoms with Crippen LogP contribution >= 0.6 is 23.4 Å². The van der Waals surface area contributed by atoms with Gasteiger partial charge in [0.2, 0.25) is 10.8 Å². The van der Waals surface area contributed by atoms with E-state index in [2.05, 4.69) is 0 Å². The number of anilines is 2. The van der Waals surface area contributed by atoms with E-state index in [1.165, 1.54) is 35.9 Å². The predicted molar refractivity (Wildman–Crippen MR) is 124 cm³/mol. The molecule has 0 N–H and O–H groups in total. The van der Waals surface area contributed by atoms with Gasteiger partial charge in [0.1, 0.15) is 11.6 Å². The Morgan fingerprint density at radius 1 is 1.09 bits per heavy atom. The molecule has 2 aliphatic heterocycles. The zero-order chi connectivity index (χ0) is 22.5. The van der Waals surface area contributed by atoms with Crippen LogP contribution in [-0.4, -0.2) is 24.7 Å². The normalized spacial score (nSPS) is 19.7. The van der Waals surface area contributed by atoms with E-state index in [0.29, 0.717) is 16.5 Å². The highest BCUT2D eigenvalue weighted by atomic mass is 35.5. The first-order valence-electron chi connectivity index (χ1n) is 9.92. The number of ether oxygens (including phenoxy) is 1. The van der Waals surface area contributed by atoms with Crippen molar-refractivity contribution in [2.24, 2.45) is 0 Å². The SMILES string of the molecule is COc1ccc(N2C(=O)CSC23C(=O)N(Cc2ccc(F)cc2)c2ccccc23)cc1Cl. The largest absolute Gasteiger partial charge is 0.495 e.